The Morgan fingerprint density at radius 2 is 2.50 bits per heavy atom. The van der Waals surface area contributed by atoms with Gasteiger partial charge in [-0.15, -0.1) is 0 Å². The minimum Gasteiger partial charge on any atom is -0.381 e. The molecule has 2 amide bonds. The Kier molecular flexibility index (Phi) is 2.92. The van der Waals surface area contributed by atoms with E-state index in [-0.39, 0.29) is 5.41 Å². The maximum absolute atomic E-state index is 10.5. The normalized spacial score (nSPS) is 29.8. The van der Waals surface area contributed by atoms with Crippen LogP contribution in [0.15, 0.2) is 0 Å². The van der Waals surface area contributed by atoms with E-state index in [4.69, 9.17) is 10.5 Å². The standard InChI is InChI=1S/C8H16N2O2/c1-8(5-10-7(9)11)3-2-4-12-6-8/h2-6H2,1H3,(H3,9,10,11). The molecule has 1 rings (SSSR count). The van der Waals surface area contributed by atoms with E-state index in [2.05, 4.69) is 12.2 Å². The molecule has 1 saturated heterocycles. The van der Waals surface area contributed by atoms with Gasteiger partial charge in [-0.2, -0.15) is 0 Å². The summed E-state index contributed by atoms with van der Waals surface area (Å²) in [4.78, 5) is 10.5. The molecular formula is C8H16N2O2. The predicted molar refractivity (Wildman–Crippen MR) is 45.7 cm³/mol. The molecule has 1 aliphatic rings. The number of nitrogens with one attached hydrogen (secondary N) is 1. The third kappa shape index (κ3) is 2.70. The zero-order valence-electron chi connectivity index (χ0n) is 7.43. The van der Waals surface area contributed by atoms with Crippen LogP contribution in [0.5, 0.6) is 0 Å². The second kappa shape index (κ2) is 3.76. The lowest BCUT2D eigenvalue weighted by atomic mass is 9.85. The molecule has 0 radical (unpaired) electrons. The van der Waals surface area contributed by atoms with Crippen molar-refractivity contribution in [2.45, 2.75) is 19.8 Å². The average molecular weight is 172 g/mol. The van der Waals surface area contributed by atoms with Gasteiger partial charge in [-0.05, 0) is 12.8 Å². The highest BCUT2D eigenvalue weighted by atomic mass is 16.5. The monoisotopic (exact) mass is 172 g/mol. The van der Waals surface area contributed by atoms with Crippen LogP contribution in [-0.4, -0.2) is 25.8 Å². The van der Waals surface area contributed by atoms with E-state index in [0.717, 1.165) is 19.4 Å². The summed E-state index contributed by atoms with van der Waals surface area (Å²) in [7, 11) is 0. The van der Waals surface area contributed by atoms with Crippen LogP contribution < -0.4 is 11.1 Å². The van der Waals surface area contributed by atoms with E-state index in [1.165, 1.54) is 0 Å². The van der Waals surface area contributed by atoms with Gasteiger partial charge in [-0.3, -0.25) is 0 Å². The van der Waals surface area contributed by atoms with Crippen LogP contribution in [0.1, 0.15) is 19.8 Å². The van der Waals surface area contributed by atoms with Crippen molar-refractivity contribution in [2.75, 3.05) is 19.8 Å². The minimum absolute atomic E-state index is 0.0767. The molecule has 1 fully saturated rings. The Hall–Kier alpha value is -0.770. The van der Waals surface area contributed by atoms with Crippen molar-refractivity contribution < 1.29 is 9.53 Å². The van der Waals surface area contributed by atoms with Gasteiger partial charge >= 0.3 is 6.03 Å². The van der Waals surface area contributed by atoms with Gasteiger partial charge in [0.2, 0.25) is 0 Å². The molecule has 1 atom stereocenters. The number of hydrogen-bond acceptors (Lipinski definition) is 2. The number of primary amides is 1. The number of hydrogen-bond donors (Lipinski definition) is 2. The van der Waals surface area contributed by atoms with Gasteiger partial charge in [-0.25, -0.2) is 4.79 Å². The van der Waals surface area contributed by atoms with E-state index >= 15 is 0 Å². The van der Waals surface area contributed by atoms with Crippen molar-refractivity contribution in [3.05, 3.63) is 0 Å². The smallest absolute Gasteiger partial charge is 0.312 e. The van der Waals surface area contributed by atoms with Gasteiger partial charge in [-0.1, -0.05) is 6.92 Å². The van der Waals surface area contributed by atoms with Gasteiger partial charge < -0.3 is 15.8 Å². The number of urea groups is 1. The van der Waals surface area contributed by atoms with Crippen LogP contribution in [0.2, 0.25) is 0 Å². The zero-order chi connectivity index (χ0) is 9.03. The van der Waals surface area contributed by atoms with Gasteiger partial charge in [0.15, 0.2) is 0 Å². The summed E-state index contributed by atoms with van der Waals surface area (Å²) < 4.78 is 5.33. The van der Waals surface area contributed by atoms with E-state index in [9.17, 15) is 4.79 Å². The lowest BCUT2D eigenvalue weighted by molar-refractivity contribution is 0.00460. The van der Waals surface area contributed by atoms with E-state index in [1.807, 2.05) is 0 Å². The molecule has 70 valence electrons. The lowest BCUT2D eigenvalue weighted by Crippen LogP contribution is -2.42. The first-order valence-electron chi connectivity index (χ1n) is 4.23. The maximum Gasteiger partial charge on any atom is 0.312 e. The number of nitrogens with two attached hydrogens (primary N) is 1. The number of ether oxygens (including phenoxy) is 1. The topological polar surface area (TPSA) is 64.3 Å². The molecule has 1 aliphatic heterocycles. The Labute approximate surface area is 72.5 Å². The van der Waals surface area contributed by atoms with Crippen LogP contribution >= 0.6 is 0 Å². The zero-order valence-corrected chi connectivity index (χ0v) is 7.43. The second-order valence-electron chi connectivity index (χ2n) is 3.68. The van der Waals surface area contributed by atoms with E-state index in [1.54, 1.807) is 0 Å². The molecule has 12 heavy (non-hydrogen) atoms. The third-order valence-electron chi connectivity index (χ3n) is 2.21. The molecular weight excluding hydrogens is 156 g/mol. The van der Waals surface area contributed by atoms with Crippen molar-refractivity contribution in [2.24, 2.45) is 11.1 Å². The fourth-order valence-corrected chi connectivity index (χ4v) is 1.43. The molecule has 4 nitrogen and oxygen atoms in total. The predicted octanol–water partition coefficient (Wildman–Crippen LogP) is 0.471. The summed E-state index contributed by atoms with van der Waals surface area (Å²) in [5, 5.41) is 2.61. The van der Waals surface area contributed by atoms with Crippen LogP contribution in [0, 0.1) is 5.41 Å². The van der Waals surface area contributed by atoms with Crippen molar-refractivity contribution in [1.82, 2.24) is 5.32 Å². The number of rotatable bonds is 2. The third-order valence-corrected chi connectivity index (χ3v) is 2.21. The molecule has 1 unspecified atom stereocenters. The molecule has 0 aromatic carbocycles. The maximum atomic E-state index is 10.5. The number of carbonyl (C=O) groups excluding carboxylic acids is 1. The summed E-state index contributed by atoms with van der Waals surface area (Å²) in [6, 6.07) is -0.457. The van der Waals surface area contributed by atoms with Crippen LogP contribution in [0.25, 0.3) is 0 Å². The molecule has 3 N–H and O–H groups in total. The summed E-state index contributed by atoms with van der Waals surface area (Å²) in [5.41, 5.74) is 5.05. The van der Waals surface area contributed by atoms with Gasteiger partial charge in [0.05, 0.1) is 6.61 Å². The highest BCUT2D eigenvalue weighted by Crippen LogP contribution is 2.26. The quantitative estimate of drug-likeness (QED) is 0.636. The van der Waals surface area contributed by atoms with Gasteiger partial charge in [0.1, 0.15) is 0 Å². The highest BCUT2D eigenvalue weighted by molar-refractivity contribution is 5.71. The SMILES string of the molecule is CC1(CNC(N)=O)CCCOC1. The van der Waals surface area contributed by atoms with Crippen molar-refractivity contribution in [1.29, 1.82) is 0 Å². The first-order chi connectivity index (χ1) is 5.62. The largest absolute Gasteiger partial charge is 0.381 e. The lowest BCUT2D eigenvalue weighted by Gasteiger charge is -2.33. The van der Waals surface area contributed by atoms with Crippen LogP contribution in [0.4, 0.5) is 4.79 Å². The highest BCUT2D eigenvalue weighted by Gasteiger charge is 2.27. The molecule has 4 heteroatoms. The van der Waals surface area contributed by atoms with Crippen LogP contribution in [0.3, 0.4) is 0 Å². The summed E-state index contributed by atoms with van der Waals surface area (Å²) in [6.07, 6.45) is 2.16. The first kappa shape index (κ1) is 9.32. The Morgan fingerprint density at radius 3 is 3.00 bits per heavy atom. The number of carbonyl (C=O) groups is 1. The van der Waals surface area contributed by atoms with E-state index < -0.39 is 6.03 Å². The number of amides is 2. The summed E-state index contributed by atoms with van der Waals surface area (Å²) in [6.45, 7) is 4.27. The summed E-state index contributed by atoms with van der Waals surface area (Å²) >= 11 is 0. The van der Waals surface area contributed by atoms with Crippen molar-refractivity contribution >= 4 is 6.03 Å². The molecule has 0 aromatic heterocycles. The van der Waals surface area contributed by atoms with Gasteiger partial charge in [0.25, 0.3) is 0 Å². The fraction of sp³-hybridized carbons (Fsp3) is 0.875. The van der Waals surface area contributed by atoms with Crippen molar-refractivity contribution in [3.63, 3.8) is 0 Å². The minimum atomic E-state index is -0.457. The molecule has 1 heterocycles. The summed E-state index contributed by atoms with van der Waals surface area (Å²) in [5.74, 6) is 0. The average Bonchev–Trinajstić information content (AvgIpc) is 2.03. The first-order valence-corrected chi connectivity index (χ1v) is 4.23. The van der Waals surface area contributed by atoms with Gasteiger partial charge in [0, 0.05) is 18.6 Å². The fourth-order valence-electron chi connectivity index (χ4n) is 1.43. The molecule has 0 aliphatic carbocycles. The molecule has 0 bridgehead atoms. The Morgan fingerprint density at radius 1 is 1.75 bits per heavy atom. The molecule has 0 saturated carbocycles. The molecule has 0 aromatic rings. The van der Waals surface area contributed by atoms with Crippen molar-refractivity contribution in [3.8, 4) is 0 Å². The second-order valence-corrected chi connectivity index (χ2v) is 3.68. The van der Waals surface area contributed by atoms with E-state index in [0.29, 0.717) is 13.2 Å². The van der Waals surface area contributed by atoms with Crippen LogP contribution in [-0.2, 0) is 4.74 Å². The Balaban J connectivity index is 2.31. The Bertz CT molecular complexity index is 164. The molecule has 0 spiro atoms.